The van der Waals surface area contributed by atoms with Crippen LogP contribution in [0.4, 0.5) is 0 Å². The first-order chi connectivity index (χ1) is 7.20. The molecule has 15 heavy (non-hydrogen) atoms. The van der Waals surface area contributed by atoms with Gasteiger partial charge in [0, 0.05) is 13.2 Å². The number of ether oxygens (including phenoxy) is 1. The Bertz CT molecular complexity index is 227. The van der Waals surface area contributed by atoms with Gasteiger partial charge in [-0.05, 0) is 32.1 Å². The quantitative estimate of drug-likeness (QED) is 0.522. The maximum Gasteiger partial charge on any atom is 0.249 e. The fraction of sp³-hybridized carbons (Fsp3) is 0.800. The number of rotatable bonds is 6. The Hall–Kier alpha value is -0.680. The number of carbonyl (C=O) groups excluding carboxylic acids is 1. The molecule has 4 nitrogen and oxygen atoms in total. The lowest BCUT2D eigenvalue weighted by atomic mass is 10.2. The van der Waals surface area contributed by atoms with Gasteiger partial charge in [-0.15, -0.1) is 0 Å². The van der Waals surface area contributed by atoms with E-state index in [0.29, 0.717) is 18.1 Å². The third-order valence-corrected chi connectivity index (χ3v) is 2.58. The molecule has 0 spiro atoms. The molecule has 1 saturated heterocycles. The summed E-state index contributed by atoms with van der Waals surface area (Å²) in [5.74, 6) is 0.0165. The lowest BCUT2D eigenvalue weighted by Crippen LogP contribution is -2.34. The molecular weight excluding hydrogens is 212 g/mol. The lowest BCUT2D eigenvalue weighted by Gasteiger charge is -2.09. The van der Waals surface area contributed by atoms with Crippen LogP contribution in [0.3, 0.4) is 0 Å². The van der Waals surface area contributed by atoms with Crippen LogP contribution >= 0.6 is 12.2 Å². The molecule has 1 aliphatic rings. The zero-order valence-electron chi connectivity index (χ0n) is 8.83. The average Bonchev–Trinajstić information content (AvgIpc) is 2.69. The van der Waals surface area contributed by atoms with Gasteiger partial charge in [0.15, 0.2) is 0 Å². The molecule has 86 valence electrons. The largest absolute Gasteiger partial charge is 0.393 e. The topological polar surface area (TPSA) is 64.3 Å². The molecular formula is C10H18N2O2S. The minimum Gasteiger partial charge on any atom is -0.393 e. The predicted molar refractivity (Wildman–Crippen MR) is 62.6 cm³/mol. The molecule has 1 heterocycles. The minimum absolute atomic E-state index is 0.0165. The number of thiocarbonyl (C=S) groups is 1. The summed E-state index contributed by atoms with van der Waals surface area (Å²) >= 11 is 4.75. The van der Waals surface area contributed by atoms with Crippen molar-refractivity contribution in [3.05, 3.63) is 0 Å². The van der Waals surface area contributed by atoms with Crippen LogP contribution in [-0.4, -0.2) is 30.2 Å². The van der Waals surface area contributed by atoms with E-state index >= 15 is 0 Å². The highest BCUT2D eigenvalue weighted by Crippen LogP contribution is 2.11. The zero-order chi connectivity index (χ0) is 11.1. The van der Waals surface area contributed by atoms with Crippen molar-refractivity contribution in [2.75, 3.05) is 13.2 Å². The Morgan fingerprint density at radius 1 is 1.53 bits per heavy atom. The highest BCUT2D eigenvalue weighted by atomic mass is 32.1. The third kappa shape index (κ3) is 5.09. The van der Waals surface area contributed by atoms with Crippen molar-refractivity contribution < 1.29 is 9.53 Å². The Morgan fingerprint density at radius 2 is 2.33 bits per heavy atom. The summed E-state index contributed by atoms with van der Waals surface area (Å²) < 4.78 is 5.26. The summed E-state index contributed by atoms with van der Waals surface area (Å²) in [5.41, 5.74) is 5.36. The number of nitrogens with one attached hydrogen (secondary N) is 1. The Labute approximate surface area is 95.5 Å². The van der Waals surface area contributed by atoms with E-state index in [9.17, 15) is 4.79 Å². The van der Waals surface area contributed by atoms with E-state index in [-0.39, 0.29) is 12.0 Å². The van der Waals surface area contributed by atoms with Gasteiger partial charge in [0.05, 0.1) is 4.99 Å². The second-order valence-electron chi connectivity index (χ2n) is 3.72. The van der Waals surface area contributed by atoms with E-state index < -0.39 is 0 Å². The molecule has 0 radical (unpaired) electrons. The molecule has 1 rings (SSSR count). The van der Waals surface area contributed by atoms with Crippen LogP contribution in [0.5, 0.6) is 0 Å². The summed E-state index contributed by atoms with van der Waals surface area (Å²) in [6.07, 6.45) is 4.21. The smallest absolute Gasteiger partial charge is 0.249 e. The van der Waals surface area contributed by atoms with Crippen LogP contribution in [0.1, 0.15) is 32.1 Å². The van der Waals surface area contributed by atoms with Crippen molar-refractivity contribution in [2.24, 2.45) is 5.73 Å². The number of hydrogen-bond donors (Lipinski definition) is 2. The van der Waals surface area contributed by atoms with Gasteiger partial charge in [-0.2, -0.15) is 0 Å². The average molecular weight is 230 g/mol. The SMILES string of the molecule is NC(=S)CCCCNC(=O)C1CCCO1. The van der Waals surface area contributed by atoms with Gasteiger partial charge in [-0.3, -0.25) is 4.79 Å². The van der Waals surface area contributed by atoms with Gasteiger partial charge >= 0.3 is 0 Å². The first kappa shape index (κ1) is 12.4. The zero-order valence-corrected chi connectivity index (χ0v) is 9.65. The molecule has 0 aliphatic carbocycles. The number of hydrogen-bond acceptors (Lipinski definition) is 3. The molecule has 5 heteroatoms. The molecule has 1 amide bonds. The van der Waals surface area contributed by atoms with Crippen LogP contribution < -0.4 is 11.1 Å². The van der Waals surface area contributed by atoms with Gasteiger partial charge in [0.25, 0.3) is 0 Å². The molecule has 0 bridgehead atoms. The highest BCUT2D eigenvalue weighted by molar-refractivity contribution is 7.80. The summed E-state index contributed by atoms with van der Waals surface area (Å²) in [4.78, 5) is 12.0. The Morgan fingerprint density at radius 3 is 2.93 bits per heavy atom. The van der Waals surface area contributed by atoms with Crippen molar-refractivity contribution in [1.29, 1.82) is 0 Å². The van der Waals surface area contributed by atoms with Crippen LogP contribution in [0, 0.1) is 0 Å². The van der Waals surface area contributed by atoms with E-state index in [1.54, 1.807) is 0 Å². The second kappa shape index (κ2) is 6.74. The summed E-state index contributed by atoms with van der Waals surface area (Å²) in [7, 11) is 0. The van der Waals surface area contributed by atoms with E-state index in [1.807, 2.05) is 0 Å². The summed E-state index contributed by atoms with van der Waals surface area (Å²) in [6.45, 7) is 1.39. The number of amides is 1. The minimum atomic E-state index is -0.222. The van der Waals surface area contributed by atoms with Crippen molar-refractivity contribution in [3.63, 3.8) is 0 Å². The second-order valence-corrected chi connectivity index (χ2v) is 4.24. The fourth-order valence-corrected chi connectivity index (χ4v) is 1.68. The number of nitrogens with two attached hydrogens (primary N) is 1. The van der Waals surface area contributed by atoms with E-state index in [4.69, 9.17) is 22.7 Å². The van der Waals surface area contributed by atoms with Gasteiger partial charge in [-0.1, -0.05) is 12.2 Å². The van der Waals surface area contributed by atoms with Crippen molar-refractivity contribution in [2.45, 2.75) is 38.2 Å². The highest BCUT2D eigenvalue weighted by Gasteiger charge is 2.22. The maximum absolute atomic E-state index is 11.5. The monoisotopic (exact) mass is 230 g/mol. The number of carbonyl (C=O) groups is 1. The third-order valence-electron chi connectivity index (χ3n) is 2.37. The first-order valence-electron chi connectivity index (χ1n) is 5.38. The Balaban J connectivity index is 1.99. The first-order valence-corrected chi connectivity index (χ1v) is 5.78. The Kier molecular flexibility index (Phi) is 5.57. The fourth-order valence-electron chi connectivity index (χ4n) is 1.53. The maximum atomic E-state index is 11.5. The normalized spacial score (nSPS) is 20.1. The number of unbranched alkanes of at least 4 members (excludes halogenated alkanes) is 1. The molecule has 1 aliphatic heterocycles. The standard InChI is InChI=1S/C10H18N2O2S/c11-9(15)5-1-2-6-12-10(13)8-4-3-7-14-8/h8H,1-7H2,(H2,11,15)(H,12,13). The van der Waals surface area contributed by atoms with Crippen molar-refractivity contribution in [3.8, 4) is 0 Å². The van der Waals surface area contributed by atoms with Gasteiger partial charge in [-0.25, -0.2) is 0 Å². The molecule has 1 unspecified atom stereocenters. The van der Waals surface area contributed by atoms with Gasteiger partial charge in [0.1, 0.15) is 6.10 Å². The predicted octanol–water partition coefficient (Wildman–Crippen LogP) is 0.738. The van der Waals surface area contributed by atoms with Crippen LogP contribution in [-0.2, 0) is 9.53 Å². The van der Waals surface area contributed by atoms with E-state index in [1.165, 1.54) is 0 Å². The van der Waals surface area contributed by atoms with Crippen molar-refractivity contribution >= 4 is 23.1 Å². The van der Waals surface area contributed by atoms with Crippen molar-refractivity contribution in [1.82, 2.24) is 5.32 Å². The van der Waals surface area contributed by atoms with Gasteiger partial charge < -0.3 is 15.8 Å². The van der Waals surface area contributed by atoms with Crippen LogP contribution in [0.15, 0.2) is 0 Å². The molecule has 3 N–H and O–H groups in total. The molecule has 0 aromatic rings. The summed E-state index contributed by atoms with van der Waals surface area (Å²) in [5, 5.41) is 2.85. The van der Waals surface area contributed by atoms with E-state index in [0.717, 1.165) is 32.1 Å². The lowest BCUT2D eigenvalue weighted by molar-refractivity contribution is -0.130. The van der Waals surface area contributed by atoms with Crippen LogP contribution in [0.2, 0.25) is 0 Å². The van der Waals surface area contributed by atoms with Gasteiger partial charge in [0.2, 0.25) is 5.91 Å². The summed E-state index contributed by atoms with van der Waals surface area (Å²) in [6, 6.07) is 0. The molecule has 1 fully saturated rings. The van der Waals surface area contributed by atoms with E-state index in [2.05, 4.69) is 5.32 Å². The molecule has 0 aromatic carbocycles. The molecule has 0 aromatic heterocycles. The van der Waals surface area contributed by atoms with Crippen LogP contribution in [0.25, 0.3) is 0 Å². The molecule has 1 atom stereocenters. The molecule has 0 saturated carbocycles.